The van der Waals surface area contributed by atoms with Crippen LogP contribution in [-0.2, 0) is 10.8 Å². The average molecular weight is 633 g/mol. The predicted octanol–water partition coefficient (Wildman–Crippen LogP) is 14.1. The Kier molecular flexibility index (Phi) is 6.40. The van der Waals surface area contributed by atoms with E-state index in [-0.39, 0.29) is 10.8 Å². The average Bonchev–Trinajstić information content (AvgIpc) is 3.48. The molecule has 9 rings (SSSR count). The molecule has 0 aliphatic heterocycles. The van der Waals surface area contributed by atoms with Gasteiger partial charge in [-0.25, -0.2) is 0 Å². The molecule has 0 fully saturated rings. The summed E-state index contributed by atoms with van der Waals surface area (Å²) < 4.78 is 6.73. The maximum atomic E-state index is 6.73. The Labute approximate surface area is 287 Å². The largest absolute Gasteiger partial charge is 0.455 e. The molecule has 1 heterocycles. The van der Waals surface area contributed by atoms with Crippen LogP contribution in [0.1, 0.15) is 52.7 Å². The van der Waals surface area contributed by atoms with E-state index in [9.17, 15) is 0 Å². The predicted molar refractivity (Wildman–Crippen MR) is 212 cm³/mol. The topological polar surface area (TPSA) is 13.1 Å². The summed E-state index contributed by atoms with van der Waals surface area (Å²) in [6, 6.07) is 49.6. The van der Waals surface area contributed by atoms with E-state index in [0.717, 1.165) is 27.5 Å². The lowest BCUT2D eigenvalue weighted by molar-refractivity contribution is 0.590. The van der Waals surface area contributed by atoms with Crippen molar-refractivity contribution in [1.82, 2.24) is 0 Å². The second-order valence-electron chi connectivity index (χ2n) is 15.7. The van der Waals surface area contributed by atoms with Crippen LogP contribution in [-0.4, -0.2) is 0 Å². The van der Waals surface area contributed by atoms with E-state index >= 15 is 0 Å². The molecule has 0 spiro atoms. The smallest absolute Gasteiger partial charge is 0.143 e. The molecule has 0 N–H and O–H groups in total. The molecule has 0 radical (unpaired) electrons. The number of fused-ring (bicyclic) bond motifs is 8. The Balaban J connectivity index is 1.53. The van der Waals surface area contributed by atoms with Gasteiger partial charge in [-0.1, -0.05) is 151 Å². The number of rotatable bonds is 2. The second-order valence-corrected chi connectivity index (χ2v) is 15.7. The van der Waals surface area contributed by atoms with Crippen LogP contribution in [0.2, 0.25) is 0 Å². The molecule has 1 nitrogen and oxygen atoms in total. The lowest BCUT2D eigenvalue weighted by Crippen LogP contribution is -2.11. The molecular formula is C48H40O. The van der Waals surface area contributed by atoms with Crippen LogP contribution >= 0.6 is 0 Å². The van der Waals surface area contributed by atoms with Gasteiger partial charge in [0.15, 0.2) is 0 Å². The molecule has 0 atom stereocenters. The summed E-state index contributed by atoms with van der Waals surface area (Å²) in [7, 11) is 0. The maximum Gasteiger partial charge on any atom is 0.143 e. The standard InChI is InChI=1S/C48H40O/c1-47(2,3)30-23-25-37-41(27-30)44(39-20-13-19-38-35-18-11-12-21-43(35)49-46(38)39)36-24-22-31(48(4,5)6)28-42(36)45(37)40-26-29-14-7-8-15-32(29)33-16-9-10-17-34(33)40/h7-28H,1-6H3. The van der Waals surface area contributed by atoms with Gasteiger partial charge < -0.3 is 4.42 Å². The third-order valence-electron chi connectivity index (χ3n) is 10.6. The van der Waals surface area contributed by atoms with E-state index in [1.807, 2.05) is 0 Å². The third kappa shape index (κ3) is 4.60. The van der Waals surface area contributed by atoms with Gasteiger partial charge in [-0.3, -0.25) is 0 Å². The van der Waals surface area contributed by atoms with Crippen LogP contribution in [0.3, 0.4) is 0 Å². The molecule has 49 heavy (non-hydrogen) atoms. The van der Waals surface area contributed by atoms with Gasteiger partial charge >= 0.3 is 0 Å². The minimum Gasteiger partial charge on any atom is -0.455 e. The van der Waals surface area contributed by atoms with E-state index < -0.39 is 0 Å². The minimum atomic E-state index is -0.0162. The fourth-order valence-electron chi connectivity index (χ4n) is 7.95. The van der Waals surface area contributed by atoms with E-state index in [1.165, 1.54) is 70.9 Å². The highest BCUT2D eigenvalue weighted by atomic mass is 16.3. The summed E-state index contributed by atoms with van der Waals surface area (Å²) in [5.74, 6) is 0. The van der Waals surface area contributed by atoms with Gasteiger partial charge in [-0.05, 0) is 100 Å². The molecular weight excluding hydrogens is 593 g/mol. The molecule has 0 aliphatic carbocycles. The quantitative estimate of drug-likeness (QED) is 0.136. The molecule has 0 unspecified atom stereocenters. The van der Waals surface area contributed by atoms with E-state index in [0.29, 0.717) is 0 Å². The van der Waals surface area contributed by atoms with E-state index in [1.54, 1.807) is 0 Å². The summed E-state index contributed by atoms with van der Waals surface area (Å²) in [6.45, 7) is 13.9. The number of hydrogen-bond acceptors (Lipinski definition) is 1. The molecule has 238 valence electrons. The summed E-state index contributed by atoms with van der Waals surface area (Å²) in [4.78, 5) is 0. The van der Waals surface area contributed by atoms with Crippen molar-refractivity contribution in [1.29, 1.82) is 0 Å². The van der Waals surface area contributed by atoms with E-state index in [2.05, 4.69) is 175 Å². The first kappa shape index (κ1) is 29.7. The fraction of sp³-hybridized carbons (Fsp3) is 0.167. The number of benzene rings is 8. The number of furan rings is 1. The molecule has 0 aliphatic rings. The van der Waals surface area contributed by atoms with Crippen LogP contribution in [0.4, 0.5) is 0 Å². The normalized spacial score (nSPS) is 12.7. The molecule has 1 aromatic heterocycles. The van der Waals surface area contributed by atoms with Crippen molar-refractivity contribution in [3.63, 3.8) is 0 Å². The van der Waals surface area contributed by atoms with Crippen LogP contribution < -0.4 is 0 Å². The summed E-state index contributed by atoms with van der Waals surface area (Å²) in [6.07, 6.45) is 0. The van der Waals surface area contributed by atoms with Crippen molar-refractivity contribution in [2.75, 3.05) is 0 Å². The first-order valence-corrected chi connectivity index (χ1v) is 17.4. The first-order chi connectivity index (χ1) is 23.6. The Hall–Kier alpha value is -5.40. The molecule has 8 aromatic carbocycles. The van der Waals surface area contributed by atoms with Gasteiger partial charge in [0.1, 0.15) is 11.2 Å². The van der Waals surface area contributed by atoms with Crippen molar-refractivity contribution >= 4 is 65.0 Å². The highest BCUT2D eigenvalue weighted by molar-refractivity contribution is 6.27. The minimum absolute atomic E-state index is 0.0130. The van der Waals surface area contributed by atoms with Gasteiger partial charge in [-0.15, -0.1) is 0 Å². The van der Waals surface area contributed by atoms with E-state index in [4.69, 9.17) is 4.42 Å². The molecule has 0 saturated carbocycles. The van der Waals surface area contributed by atoms with Gasteiger partial charge in [0, 0.05) is 21.9 Å². The van der Waals surface area contributed by atoms with Crippen LogP contribution in [0.15, 0.2) is 138 Å². The lowest BCUT2D eigenvalue weighted by atomic mass is 9.78. The fourth-order valence-corrected chi connectivity index (χ4v) is 7.95. The second kappa shape index (κ2) is 10.5. The van der Waals surface area contributed by atoms with Gasteiger partial charge in [0.2, 0.25) is 0 Å². The SMILES string of the molecule is CC(C)(C)c1ccc2c(-c3cccc4c3oc3ccccc34)c3cc(C(C)(C)C)ccc3c(-c3cc4ccccc4c4ccccc34)c2c1. The summed E-state index contributed by atoms with van der Waals surface area (Å²) in [5.41, 5.74) is 9.40. The zero-order chi connectivity index (χ0) is 33.7. The third-order valence-corrected chi connectivity index (χ3v) is 10.6. The molecule has 1 heteroatoms. The van der Waals surface area contributed by atoms with Crippen molar-refractivity contribution in [3.05, 3.63) is 145 Å². The van der Waals surface area contributed by atoms with Crippen molar-refractivity contribution in [2.45, 2.75) is 52.4 Å². The van der Waals surface area contributed by atoms with Crippen molar-refractivity contribution in [3.8, 4) is 22.3 Å². The van der Waals surface area contributed by atoms with Crippen LogP contribution in [0, 0.1) is 0 Å². The highest BCUT2D eigenvalue weighted by Gasteiger charge is 2.25. The number of hydrogen-bond donors (Lipinski definition) is 0. The van der Waals surface area contributed by atoms with Crippen LogP contribution in [0.25, 0.3) is 87.3 Å². The van der Waals surface area contributed by atoms with Crippen molar-refractivity contribution < 1.29 is 4.42 Å². The highest BCUT2D eigenvalue weighted by Crippen LogP contribution is 2.50. The summed E-state index contributed by atoms with van der Waals surface area (Å²) >= 11 is 0. The van der Waals surface area contributed by atoms with Gasteiger partial charge in [0.25, 0.3) is 0 Å². The lowest BCUT2D eigenvalue weighted by Gasteiger charge is -2.25. The zero-order valence-electron chi connectivity index (χ0n) is 29.1. The van der Waals surface area contributed by atoms with Crippen LogP contribution in [0.5, 0.6) is 0 Å². The van der Waals surface area contributed by atoms with Crippen molar-refractivity contribution in [2.24, 2.45) is 0 Å². The Bertz CT molecular complexity index is 2780. The Morgan fingerprint density at radius 2 is 0.898 bits per heavy atom. The first-order valence-electron chi connectivity index (χ1n) is 17.4. The zero-order valence-corrected chi connectivity index (χ0v) is 29.1. The molecule has 9 aromatic rings. The van der Waals surface area contributed by atoms with Gasteiger partial charge in [0.05, 0.1) is 0 Å². The Morgan fingerprint density at radius 3 is 1.55 bits per heavy atom. The monoisotopic (exact) mass is 632 g/mol. The van der Waals surface area contributed by atoms with Gasteiger partial charge in [-0.2, -0.15) is 0 Å². The molecule has 0 saturated heterocycles. The molecule has 0 amide bonds. The Morgan fingerprint density at radius 1 is 0.367 bits per heavy atom. The summed E-state index contributed by atoms with van der Waals surface area (Å²) in [5, 5.41) is 12.4. The number of para-hydroxylation sites is 2. The maximum absolute atomic E-state index is 6.73. The molecule has 0 bridgehead atoms.